The highest BCUT2D eigenvalue weighted by molar-refractivity contribution is 5.93. The first-order valence-electron chi connectivity index (χ1n) is 9.29. The van der Waals surface area contributed by atoms with Crippen molar-refractivity contribution in [2.75, 3.05) is 11.9 Å². The van der Waals surface area contributed by atoms with E-state index in [4.69, 9.17) is 4.74 Å². The van der Waals surface area contributed by atoms with Crippen LogP contribution in [0.25, 0.3) is 11.1 Å². The van der Waals surface area contributed by atoms with Crippen LogP contribution in [0.5, 0.6) is 0 Å². The second-order valence-electron chi connectivity index (χ2n) is 7.67. The zero-order valence-corrected chi connectivity index (χ0v) is 15.0. The molecule has 2 aromatic rings. The van der Waals surface area contributed by atoms with E-state index in [1.165, 1.54) is 17.0 Å². The van der Waals surface area contributed by atoms with E-state index < -0.39 is 6.09 Å². The van der Waals surface area contributed by atoms with Crippen LogP contribution in [-0.2, 0) is 4.74 Å². The molecule has 0 radical (unpaired) electrons. The van der Waals surface area contributed by atoms with Gasteiger partial charge in [-0.15, -0.1) is 0 Å². The van der Waals surface area contributed by atoms with E-state index in [9.17, 15) is 14.3 Å². The fourth-order valence-corrected chi connectivity index (χ4v) is 4.95. The smallest absolute Gasteiger partial charge is 0.412 e. The first kappa shape index (κ1) is 16.7. The Hall–Kier alpha value is -2.44. The number of carbonyl (C=O) groups is 1. The number of epoxide rings is 1. The van der Waals surface area contributed by atoms with Crippen LogP contribution in [0.15, 0.2) is 48.5 Å². The number of likely N-dealkylation sites (N-methyl/N-ethyl adjacent to an activating group) is 1. The molecule has 3 heterocycles. The van der Waals surface area contributed by atoms with Crippen LogP contribution >= 0.6 is 0 Å². The third-order valence-corrected chi connectivity index (χ3v) is 6.27. The number of benzene rings is 2. The lowest BCUT2D eigenvalue weighted by molar-refractivity contribution is 0.0642. The van der Waals surface area contributed by atoms with Gasteiger partial charge in [-0.25, -0.2) is 9.18 Å². The van der Waals surface area contributed by atoms with E-state index in [2.05, 4.69) is 11.9 Å². The molecule has 3 fully saturated rings. The molecule has 140 valence electrons. The second-order valence-corrected chi connectivity index (χ2v) is 7.67. The minimum Gasteiger partial charge on any atom is -0.465 e. The summed E-state index contributed by atoms with van der Waals surface area (Å²) >= 11 is 0. The number of hydrogen-bond acceptors (Lipinski definition) is 3. The fourth-order valence-electron chi connectivity index (χ4n) is 4.95. The Kier molecular flexibility index (Phi) is 3.74. The van der Waals surface area contributed by atoms with Gasteiger partial charge in [0.25, 0.3) is 0 Å². The van der Waals surface area contributed by atoms with Crippen molar-refractivity contribution in [3.05, 3.63) is 54.3 Å². The highest BCUT2D eigenvalue weighted by atomic mass is 19.1. The number of morpholine rings is 1. The van der Waals surface area contributed by atoms with Crippen molar-refractivity contribution in [1.82, 2.24) is 4.90 Å². The van der Waals surface area contributed by atoms with Crippen LogP contribution in [0.1, 0.15) is 12.8 Å². The maximum Gasteiger partial charge on any atom is 0.412 e. The third-order valence-electron chi connectivity index (χ3n) is 6.27. The maximum atomic E-state index is 14.0. The van der Waals surface area contributed by atoms with E-state index in [1.54, 1.807) is 6.07 Å². The number of rotatable bonds is 3. The highest BCUT2D eigenvalue weighted by Crippen LogP contribution is 2.49. The van der Waals surface area contributed by atoms with Crippen molar-refractivity contribution in [3.63, 3.8) is 0 Å². The van der Waals surface area contributed by atoms with Crippen LogP contribution < -0.4 is 4.90 Å². The standard InChI is InChI=1S/C21H21FN2O3/c1-23-17-10-14(11-18(23)20-19(17)27-20)24(21(25)26)16-8-7-13(22)9-15(16)12-5-3-2-4-6-12/h2-9,14,17-20H,10-11H2,1H3,(H,25,26)/t14?,17-,18+,19-,20+. The van der Waals surface area contributed by atoms with E-state index >= 15 is 0 Å². The molecule has 5 rings (SSSR count). The molecule has 0 aromatic heterocycles. The molecule has 5 atom stereocenters. The zero-order valence-electron chi connectivity index (χ0n) is 15.0. The number of hydrogen-bond donors (Lipinski definition) is 1. The van der Waals surface area contributed by atoms with Crippen molar-refractivity contribution < 1.29 is 19.0 Å². The summed E-state index contributed by atoms with van der Waals surface area (Å²) in [6, 6.07) is 14.1. The Balaban J connectivity index is 1.55. The molecule has 2 aromatic carbocycles. The van der Waals surface area contributed by atoms with E-state index in [-0.39, 0.29) is 36.2 Å². The van der Waals surface area contributed by atoms with Crippen molar-refractivity contribution >= 4 is 11.8 Å². The normalized spacial score (nSPS) is 31.4. The third kappa shape index (κ3) is 2.63. The molecule has 3 aliphatic heterocycles. The number of halogens is 1. The minimum absolute atomic E-state index is 0.141. The molecule has 0 saturated carbocycles. The number of amides is 1. The predicted octanol–water partition coefficient (Wildman–Crippen LogP) is 3.59. The van der Waals surface area contributed by atoms with Gasteiger partial charge in [0.1, 0.15) is 18.0 Å². The Morgan fingerprint density at radius 3 is 2.44 bits per heavy atom. The Morgan fingerprint density at radius 2 is 1.81 bits per heavy atom. The molecule has 27 heavy (non-hydrogen) atoms. The summed E-state index contributed by atoms with van der Waals surface area (Å²) in [6.07, 6.45) is 0.935. The quantitative estimate of drug-likeness (QED) is 0.842. The average molecular weight is 368 g/mol. The van der Waals surface area contributed by atoms with Gasteiger partial charge in [-0.1, -0.05) is 30.3 Å². The molecule has 3 saturated heterocycles. The van der Waals surface area contributed by atoms with Crippen LogP contribution in [0.2, 0.25) is 0 Å². The molecule has 1 amide bonds. The van der Waals surface area contributed by atoms with Gasteiger partial charge in [0.2, 0.25) is 0 Å². The van der Waals surface area contributed by atoms with Gasteiger partial charge < -0.3 is 9.84 Å². The first-order valence-corrected chi connectivity index (χ1v) is 9.29. The van der Waals surface area contributed by atoms with Crippen LogP contribution in [-0.4, -0.2) is 53.5 Å². The Bertz CT molecular complexity index is 872. The minimum atomic E-state index is -0.998. The number of nitrogens with zero attached hydrogens (tertiary/aromatic N) is 2. The van der Waals surface area contributed by atoms with Gasteiger partial charge in [0, 0.05) is 23.7 Å². The van der Waals surface area contributed by atoms with Gasteiger partial charge in [-0.05, 0) is 43.7 Å². The lowest BCUT2D eigenvalue weighted by atomic mass is 9.94. The maximum absolute atomic E-state index is 14.0. The summed E-state index contributed by atoms with van der Waals surface area (Å²) in [6.45, 7) is 0. The van der Waals surface area contributed by atoms with E-state index in [0.717, 1.165) is 18.4 Å². The topological polar surface area (TPSA) is 56.3 Å². The van der Waals surface area contributed by atoms with Gasteiger partial charge in [-0.3, -0.25) is 9.80 Å². The molecular weight excluding hydrogens is 347 g/mol. The molecule has 5 nitrogen and oxygen atoms in total. The number of fused-ring (bicyclic) bond motifs is 5. The highest BCUT2D eigenvalue weighted by Gasteiger charge is 2.63. The average Bonchev–Trinajstić information content (AvgIpc) is 3.41. The van der Waals surface area contributed by atoms with Crippen LogP contribution in [0.3, 0.4) is 0 Å². The molecule has 0 aliphatic carbocycles. The lowest BCUT2D eigenvalue weighted by Gasteiger charge is -2.42. The van der Waals surface area contributed by atoms with Gasteiger partial charge >= 0.3 is 6.09 Å². The molecular formula is C21H21FN2O3. The van der Waals surface area contributed by atoms with Crippen molar-refractivity contribution in [2.45, 2.75) is 43.2 Å². The van der Waals surface area contributed by atoms with Gasteiger partial charge in [0.05, 0.1) is 5.69 Å². The summed E-state index contributed by atoms with van der Waals surface area (Å²) in [4.78, 5) is 16.0. The summed E-state index contributed by atoms with van der Waals surface area (Å²) in [7, 11) is 2.10. The molecule has 2 bridgehead atoms. The monoisotopic (exact) mass is 368 g/mol. The lowest BCUT2D eigenvalue weighted by Crippen LogP contribution is -2.53. The van der Waals surface area contributed by atoms with E-state index in [0.29, 0.717) is 11.3 Å². The summed E-state index contributed by atoms with van der Waals surface area (Å²) in [5.41, 5.74) is 1.95. The van der Waals surface area contributed by atoms with Crippen molar-refractivity contribution in [3.8, 4) is 11.1 Å². The molecule has 1 N–H and O–H groups in total. The predicted molar refractivity (Wildman–Crippen MR) is 99.4 cm³/mol. The SMILES string of the molecule is CN1[C@@H]2CC(N(C(=O)O)c3ccc(F)cc3-c3ccccc3)C[C@H]1[C@@H]1O[C@@H]12. The zero-order chi connectivity index (χ0) is 18.7. The summed E-state index contributed by atoms with van der Waals surface area (Å²) in [5, 5.41) is 10.0. The molecule has 0 spiro atoms. The number of carboxylic acid groups (broad SMARTS) is 1. The van der Waals surface area contributed by atoms with Crippen LogP contribution in [0, 0.1) is 5.82 Å². The Labute approximate surface area is 157 Å². The van der Waals surface area contributed by atoms with Crippen molar-refractivity contribution in [1.29, 1.82) is 0 Å². The van der Waals surface area contributed by atoms with Crippen LogP contribution in [0.4, 0.5) is 14.9 Å². The van der Waals surface area contributed by atoms with Gasteiger partial charge in [0.15, 0.2) is 0 Å². The first-order chi connectivity index (χ1) is 13.0. The number of anilines is 1. The second kappa shape index (κ2) is 6.04. The van der Waals surface area contributed by atoms with Crippen molar-refractivity contribution in [2.24, 2.45) is 0 Å². The fraction of sp³-hybridized carbons (Fsp3) is 0.381. The number of piperidine rings is 1. The molecule has 1 unspecified atom stereocenters. The molecule has 3 aliphatic rings. The largest absolute Gasteiger partial charge is 0.465 e. The van der Waals surface area contributed by atoms with E-state index in [1.807, 2.05) is 30.3 Å². The van der Waals surface area contributed by atoms with Gasteiger partial charge in [-0.2, -0.15) is 0 Å². The molecule has 6 heteroatoms. The number of ether oxygens (including phenoxy) is 1. The summed E-state index contributed by atoms with van der Waals surface area (Å²) < 4.78 is 19.7. The summed E-state index contributed by atoms with van der Waals surface area (Å²) in [5.74, 6) is -0.374. The Morgan fingerprint density at radius 1 is 1.15 bits per heavy atom.